The van der Waals surface area contributed by atoms with Gasteiger partial charge in [0.15, 0.2) is 0 Å². The van der Waals surface area contributed by atoms with E-state index >= 15 is 0 Å². The predicted octanol–water partition coefficient (Wildman–Crippen LogP) is 2.26. The summed E-state index contributed by atoms with van der Waals surface area (Å²) in [6, 6.07) is 4.21. The van der Waals surface area contributed by atoms with Gasteiger partial charge in [-0.05, 0) is 43.8 Å². The molecule has 0 spiro atoms. The Bertz CT molecular complexity index is 254. The Morgan fingerprint density at radius 3 is 3.07 bits per heavy atom. The van der Waals surface area contributed by atoms with Gasteiger partial charge in [-0.1, -0.05) is 6.07 Å². The van der Waals surface area contributed by atoms with E-state index in [1.807, 2.05) is 7.05 Å². The molecule has 0 aromatic carbocycles. The minimum Gasteiger partial charge on any atom is -0.373 e. The highest BCUT2D eigenvalue weighted by atomic mass is 32.1. The molecule has 2 rings (SSSR count). The lowest BCUT2D eigenvalue weighted by Gasteiger charge is -2.34. The first kappa shape index (κ1) is 10.1. The Kier molecular flexibility index (Phi) is 3.56. The SMILES string of the molecule is CNCC1CC(OCc2cccs2)C1. The lowest BCUT2D eigenvalue weighted by molar-refractivity contribution is -0.0381. The highest BCUT2D eigenvalue weighted by Crippen LogP contribution is 2.30. The third-order valence-corrected chi connectivity index (χ3v) is 3.58. The summed E-state index contributed by atoms with van der Waals surface area (Å²) < 4.78 is 5.78. The topological polar surface area (TPSA) is 21.3 Å². The van der Waals surface area contributed by atoms with Crippen molar-refractivity contribution >= 4 is 11.3 Å². The van der Waals surface area contributed by atoms with Crippen molar-refractivity contribution in [2.75, 3.05) is 13.6 Å². The van der Waals surface area contributed by atoms with Gasteiger partial charge in [0.25, 0.3) is 0 Å². The summed E-state index contributed by atoms with van der Waals surface area (Å²) in [5.41, 5.74) is 0. The van der Waals surface area contributed by atoms with Crippen LogP contribution in [0.5, 0.6) is 0 Å². The quantitative estimate of drug-likeness (QED) is 0.806. The maximum Gasteiger partial charge on any atom is 0.0813 e. The molecule has 1 saturated carbocycles. The number of nitrogens with one attached hydrogen (secondary N) is 1. The van der Waals surface area contributed by atoms with Crippen molar-refractivity contribution < 1.29 is 4.74 Å². The average Bonchev–Trinajstić information content (AvgIpc) is 2.61. The average molecular weight is 211 g/mol. The molecule has 1 fully saturated rings. The van der Waals surface area contributed by atoms with E-state index in [4.69, 9.17) is 4.74 Å². The minimum absolute atomic E-state index is 0.510. The molecule has 1 aromatic rings. The monoisotopic (exact) mass is 211 g/mol. The van der Waals surface area contributed by atoms with Crippen LogP contribution in [0, 0.1) is 5.92 Å². The van der Waals surface area contributed by atoms with Crippen LogP contribution in [-0.2, 0) is 11.3 Å². The van der Waals surface area contributed by atoms with Crippen LogP contribution >= 0.6 is 11.3 Å². The normalized spacial score (nSPS) is 26.1. The van der Waals surface area contributed by atoms with E-state index in [-0.39, 0.29) is 0 Å². The molecule has 3 heteroatoms. The number of ether oxygens (including phenoxy) is 1. The van der Waals surface area contributed by atoms with Crippen molar-refractivity contribution in [1.82, 2.24) is 5.32 Å². The van der Waals surface area contributed by atoms with E-state index in [2.05, 4.69) is 22.8 Å². The molecule has 1 heterocycles. The largest absolute Gasteiger partial charge is 0.373 e. The fourth-order valence-electron chi connectivity index (χ4n) is 1.86. The lowest BCUT2D eigenvalue weighted by Crippen LogP contribution is -2.36. The Morgan fingerprint density at radius 1 is 1.57 bits per heavy atom. The molecule has 0 saturated heterocycles. The number of rotatable bonds is 5. The van der Waals surface area contributed by atoms with Crippen molar-refractivity contribution in [1.29, 1.82) is 0 Å². The number of hydrogen-bond acceptors (Lipinski definition) is 3. The van der Waals surface area contributed by atoms with Crippen molar-refractivity contribution in [2.45, 2.75) is 25.6 Å². The van der Waals surface area contributed by atoms with Crippen LogP contribution in [-0.4, -0.2) is 19.7 Å². The number of thiophene rings is 1. The van der Waals surface area contributed by atoms with Crippen LogP contribution in [0.25, 0.3) is 0 Å². The Morgan fingerprint density at radius 2 is 2.43 bits per heavy atom. The van der Waals surface area contributed by atoms with Gasteiger partial charge in [0.1, 0.15) is 0 Å². The van der Waals surface area contributed by atoms with Gasteiger partial charge in [0.2, 0.25) is 0 Å². The molecule has 78 valence electrons. The molecule has 1 aliphatic carbocycles. The Balaban J connectivity index is 1.61. The van der Waals surface area contributed by atoms with E-state index in [1.54, 1.807) is 11.3 Å². The summed E-state index contributed by atoms with van der Waals surface area (Å²) in [5.74, 6) is 0.841. The molecule has 1 aromatic heterocycles. The van der Waals surface area contributed by atoms with Crippen LogP contribution in [0.1, 0.15) is 17.7 Å². The second-order valence-electron chi connectivity index (χ2n) is 3.91. The maximum absolute atomic E-state index is 5.78. The zero-order valence-electron chi connectivity index (χ0n) is 8.53. The van der Waals surface area contributed by atoms with Gasteiger partial charge >= 0.3 is 0 Å². The lowest BCUT2D eigenvalue weighted by atomic mass is 9.82. The van der Waals surface area contributed by atoms with Crippen LogP contribution in [0.4, 0.5) is 0 Å². The molecule has 14 heavy (non-hydrogen) atoms. The zero-order chi connectivity index (χ0) is 9.80. The van der Waals surface area contributed by atoms with Crippen LogP contribution in [0.2, 0.25) is 0 Å². The summed E-state index contributed by atoms with van der Waals surface area (Å²) in [6.07, 6.45) is 2.97. The van der Waals surface area contributed by atoms with E-state index < -0.39 is 0 Å². The summed E-state index contributed by atoms with van der Waals surface area (Å²) >= 11 is 1.77. The van der Waals surface area contributed by atoms with Crippen molar-refractivity contribution in [3.05, 3.63) is 22.4 Å². The predicted molar refractivity (Wildman–Crippen MR) is 59.5 cm³/mol. The Hall–Kier alpha value is -0.380. The fraction of sp³-hybridized carbons (Fsp3) is 0.636. The van der Waals surface area contributed by atoms with Gasteiger partial charge in [-0.15, -0.1) is 11.3 Å². The highest BCUT2D eigenvalue weighted by molar-refractivity contribution is 7.09. The van der Waals surface area contributed by atoms with Crippen molar-refractivity contribution in [3.63, 3.8) is 0 Å². The molecule has 1 aliphatic rings. The maximum atomic E-state index is 5.78. The summed E-state index contributed by atoms with van der Waals surface area (Å²) in [5, 5.41) is 5.31. The van der Waals surface area contributed by atoms with Crippen molar-refractivity contribution in [2.24, 2.45) is 5.92 Å². The second kappa shape index (κ2) is 4.91. The molecule has 1 N–H and O–H groups in total. The first-order valence-corrected chi connectivity index (χ1v) is 6.05. The van der Waals surface area contributed by atoms with E-state index in [1.165, 1.54) is 17.7 Å². The fourth-order valence-corrected chi connectivity index (χ4v) is 2.49. The summed E-state index contributed by atoms with van der Waals surface area (Å²) in [4.78, 5) is 1.34. The minimum atomic E-state index is 0.510. The number of hydrogen-bond donors (Lipinski definition) is 1. The molecule has 0 bridgehead atoms. The molecule has 0 atom stereocenters. The van der Waals surface area contributed by atoms with Gasteiger partial charge in [-0.2, -0.15) is 0 Å². The zero-order valence-corrected chi connectivity index (χ0v) is 9.35. The second-order valence-corrected chi connectivity index (χ2v) is 4.94. The van der Waals surface area contributed by atoms with Gasteiger partial charge in [-0.25, -0.2) is 0 Å². The van der Waals surface area contributed by atoms with E-state index in [0.717, 1.165) is 19.1 Å². The Labute approximate surface area is 89.3 Å². The van der Waals surface area contributed by atoms with Gasteiger partial charge < -0.3 is 10.1 Å². The molecule has 2 nitrogen and oxygen atoms in total. The van der Waals surface area contributed by atoms with E-state index in [0.29, 0.717) is 6.10 Å². The highest BCUT2D eigenvalue weighted by Gasteiger charge is 2.28. The summed E-state index contributed by atoms with van der Waals surface area (Å²) in [7, 11) is 2.01. The molecule has 0 radical (unpaired) electrons. The summed E-state index contributed by atoms with van der Waals surface area (Å²) in [6.45, 7) is 1.94. The third-order valence-electron chi connectivity index (χ3n) is 2.73. The van der Waals surface area contributed by atoms with Gasteiger partial charge in [0, 0.05) is 4.88 Å². The first-order valence-electron chi connectivity index (χ1n) is 5.17. The van der Waals surface area contributed by atoms with Crippen LogP contribution in [0.3, 0.4) is 0 Å². The van der Waals surface area contributed by atoms with Crippen LogP contribution < -0.4 is 5.32 Å². The standard InChI is InChI=1S/C11H17NOS/c1-12-7-9-5-10(6-9)13-8-11-3-2-4-14-11/h2-4,9-10,12H,5-8H2,1H3. The molecule has 0 amide bonds. The molecule has 0 unspecified atom stereocenters. The first-order chi connectivity index (χ1) is 6.88. The molecule has 0 aliphatic heterocycles. The van der Waals surface area contributed by atoms with Gasteiger partial charge in [-0.3, -0.25) is 0 Å². The molecular formula is C11H17NOS. The van der Waals surface area contributed by atoms with E-state index in [9.17, 15) is 0 Å². The van der Waals surface area contributed by atoms with Gasteiger partial charge in [0.05, 0.1) is 12.7 Å². The van der Waals surface area contributed by atoms with Crippen molar-refractivity contribution in [3.8, 4) is 0 Å². The van der Waals surface area contributed by atoms with Crippen LogP contribution in [0.15, 0.2) is 17.5 Å². The molecular weight excluding hydrogens is 194 g/mol. The third kappa shape index (κ3) is 2.56. The smallest absolute Gasteiger partial charge is 0.0813 e.